The van der Waals surface area contributed by atoms with Crippen LogP contribution >= 0.6 is 0 Å². The topological polar surface area (TPSA) is 48.4 Å². The first-order valence-electron chi connectivity index (χ1n) is 5.81. The molecule has 0 spiro atoms. The highest BCUT2D eigenvalue weighted by Crippen LogP contribution is 2.15. The van der Waals surface area contributed by atoms with Crippen molar-refractivity contribution in [1.29, 1.82) is 0 Å². The highest BCUT2D eigenvalue weighted by atomic mass is 16.5. The standard InChI is InChI=1S/C14H17NO2/c1-2-11-3-5-12(6-4-11)16-10-14-8-7-13(9-15)17-14/h3-8H,2,9-10,15H2,1H3. The van der Waals surface area contributed by atoms with Crippen LogP contribution in [-0.4, -0.2) is 0 Å². The fourth-order valence-electron chi connectivity index (χ4n) is 1.59. The Morgan fingerprint density at radius 2 is 1.76 bits per heavy atom. The zero-order chi connectivity index (χ0) is 12.1. The molecule has 2 aromatic rings. The van der Waals surface area contributed by atoms with Gasteiger partial charge in [-0.05, 0) is 36.2 Å². The van der Waals surface area contributed by atoms with Gasteiger partial charge in [0.25, 0.3) is 0 Å². The number of hydrogen-bond acceptors (Lipinski definition) is 3. The maximum atomic E-state index is 5.61. The van der Waals surface area contributed by atoms with E-state index in [9.17, 15) is 0 Å². The quantitative estimate of drug-likeness (QED) is 0.860. The molecule has 3 nitrogen and oxygen atoms in total. The van der Waals surface area contributed by atoms with Crippen LogP contribution in [0.1, 0.15) is 24.0 Å². The van der Waals surface area contributed by atoms with Crippen molar-refractivity contribution in [1.82, 2.24) is 0 Å². The second kappa shape index (κ2) is 5.55. The van der Waals surface area contributed by atoms with Crippen molar-refractivity contribution in [3.8, 4) is 5.75 Å². The summed E-state index contributed by atoms with van der Waals surface area (Å²) >= 11 is 0. The van der Waals surface area contributed by atoms with Gasteiger partial charge in [-0.25, -0.2) is 0 Å². The molecule has 0 saturated carbocycles. The van der Waals surface area contributed by atoms with Gasteiger partial charge in [0.2, 0.25) is 0 Å². The number of rotatable bonds is 5. The lowest BCUT2D eigenvalue weighted by atomic mass is 10.2. The molecule has 0 fully saturated rings. The molecule has 1 aromatic heterocycles. The number of ether oxygens (including phenoxy) is 1. The molecule has 90 valence electrons. The predicted molar refractivity (Wildman–Crippen MR) is 66.8 cm³/mol. The molecule has 0 atom stereocenters. The molecular weight excluding hydrogens is 214 g/mol. The van der Waals surface area contributed by atoms with E-state index in [0.717, 1.165) is 23.7 Å². The fraction of sp³-hybridized carbons (Fsp3) is 0.286. The SMILES string of the molecule is CCc1ccc(OCc2ccc(CN)o2)cc1. The molecule has 1 aromatic carbocycles. The van der Waals surface area contributed by atoms with Crippen molar-refractivity contribution in [2.24, 2.45) is 5.73 Å². The maximum absolute atomic E-state index is 5.61. The lowest BCUT2D eigenvalue weighted by Gasteiger charge is -2.04. The van der Waals surface area contributed by atoms with Gasteiger partial charge in [-0.15, -0.1) is 0 Å². The molecule has 2 rings (SSSR count). The summed E-state index contributed by atoms with van der Waals surface area (Å²) in [7, 11) is 0. The van der Waals surface area contributed by atoms with Crippen molar-refractivity contribution in [2.75, 3.05) is 0 Å². The molecule has 0 bridgehead atoms. The summed E-state index contributed by atoms with van der Waals surface area (Å²) < 4.78 is 11.1. The van der Waals surface area contributed by atoms with Gasteiger partial charge in [-0.1, -0.05) is 19.1 Å². The predicted octanol–water partition coefficient (Wildman–Crippen LogP) is 2.88. The van der Waals surface area contributed by atoms with E-state index in [1.165, 1.54) is 5.56 Å². The molecule has 0 aliphatic rings. The van der Waals surface area contributed by atoms with E-state index in [1.54, 1.807) is 0 Å². The molecule has 0 aliphatic heterocycles. The highest BCUT2D eigenvalue weighted by molar-refractivity contribution is 5.27. The Labute approximate surface area is 101 Å². The molecule has 2 N–H and O–H groups in total. The smallest absolute Gasteiger partial charge is 0.146 e. The summed E-state index contributed by atoms with van der Waals surface area (Å²) in [6, 6.07) is 11.9. The van der Waals surface area contributed by atoms with Crippen LogP contribution in [0.3, 0.4) is 0 Å². The number of benzene rings is 1. The molecular formula is C14H17NO2. The average molecular weight is 231 g/mol. The zero-order valence-corrected chi connectivity index (χ0v) is 9.98. The normalized spacial score (nSPS) is 10.5. The Hall–Kier alpha value is -1.74. The van der Waals surface area contributed by atoms with Crippen LogP contribution in [-0.2, 0) is 19.6 Å². The van der Waals surface area contributed by atoms with Crippen LogP contribution in [0.15, 0.2) is 40.8 Å². The number of hydrogen-bond donors (Lipinski definition) is 1. The summed E-state index contributed by atoms with van der Waals surface area (Å²) in [4.78, 5) is 0. The minimum Gasteiger partial charge on any atom is -0.486 e. The van der Waals surface area contributed by atoms with Gasteiger partial charge in [-0.2, -0.15) is 0 Å². The molecule has 3 heteroatoms. The lowest BCUT2D eigenvalue weighted by molar-refractivity contribution is 0.266. The summed E-state index contributed by atoms with van der Waals surface area (Å²) in [5.41, 5.74) is 6.77. The van der Waals surface area contributed by atoms with Gasteiger partial charge in [0.1, 0.15) is 23.9 Å². The Bertz CT molecular complexity index is 459. The second-order valence-electron chi connectivity index (χ2n) is 3.86. The van der Waals surface area contributed by atoms with E-state index in [1.807, 2.05) is 24.3 Å². The van der Waals surface area contributed by atoms with E-state index in [-0.39, 0.29) is 0 Å². The van der Waals surface area contributed by atoms with Gasteiger partial charge in [0.15, 0.2) is 0 Å². The van der Waals surface area contributed by atoms with Crippen molar-refractivity contribution in [3.63, 3.8) is 0 Å². The maximum Gasteiger partial charge on any atom is 0.146 e. The van der Waals surface area contributed by atoms with Crippen LogP contribution in [0.2, 0.25) is 0 Å². The third-order valence-corrected chi connectivity index (χ3v) is 2.63. The van der Waals surface area contributed by atoms with Crippen molar-refractivity contribution in [2.45, 2.75) is 26.5 Å². The summed E-state index contributed by atoms with van der Waals surface area (Å²) in [6.45, 7) is 2.99. The van der Waals surface area contributed by atoms with Gasteiger partial charge in [-0.3, -0.25) is 0 Å². The Morgan fingerprint density at radius 3 is 2.35 bits per heavy atom. The van der Waals surface area contributed by atoms with Gasteiger partial charge in [0, 0.05) is 0 Å². The third-order valence-electron chi connectivity index (χ3n) is 2.63. The zero-order valence-electron chi connectivity index (χ0n) is 9.98. The summed E-state index contributed by atoms with van der Waals surface area (Å²) in [5.74, 6) is 2.43. The van der Waals surface area contributed by atoms with Gasteiger partial charge < -0.3 is 14.9 Å². The molecule has 1 heterocycles. The summed E-state index contributed by atoms with van der Waals surface area (Å²) in [6.07, 6.45) is 1.04. The van der Waals surface area contributed by atoms with Gasteiger partial charge >= 0.3 is 0 Å². The van der Waals surface area contributed by atoms with E-state index in [0.29, 0.717) is 13.2 Å². The minimum absolute atomic E-state index is 0.422. The lowest BCUT2D eigenvalue weighted by Crippen LogP contribution is -1.95. The third kappa shape index (κ3) is 3.11. The second-order valence-corrected chi connectivity index (χ2v) is 3.86. The largest absolute Gasteiger partial charge is 0.486 e. The first kappa shape index (κ1) is 11.7. The number of aryl methyl sites for hydroxylation is 1. The fourth-order valence-corrected chi connectivity index (χ4v) is 1.59. The molecule has 0 saturated heterocycles. The molecule has 0 amide bonds. The van der Waals surface area contributed by atoms with Crippen LogP contribution in [0.5, 0.6) is 5.75 Å². The van der Waals surface area contributed by atoms with Crippen LogP contribution in [0.4, 0.5) is 0 Å². The Kier molecular flexibility index (Phi) is 3.83. The molecule has 17 heavy (non-hydrogen) atoms. The summed E-state index contributed by atoms with van der Waals surface area (Å²) in [5, 5.41) is 0. The minimum atomic E-state index is 0.422. The highest BCUT2D eigenvalue weighted by Gasteiger charge is 2.01. The number of nitrogens with two attached hydrogens (primary N) is 1. The van der Waals surface area contributed by atoms with Gasteiger partial charge in [0.05, 0.1) is 6.54 Å². The van der Waals surface area contributed by atoms with E-state index >= 15 is 0 Å². The molecule has 0 unspecified atom stereocenters. The van der Waals surface area contributed by atoms with Crippen LogP contribution in [0, 0.1) is 0 Å². The van der Waals surface area contributed by atoms with E-state index in [4.69, 9.17) is 14.9 Å². The first-order valence-corrected chi connectivity index (χ1v) is 5.81. The molecule has 0 aliphatic carbocycles. The Morgan fingerprint density at radius 1 is 1.06 bits per heavy atom. The van der Waals surface area contributed by atoms with Crippen molar-refractivity contribution in [3.05, 3.63) is 53.5 Å². The molecule has 0 radical (unpaired) electrons. The Balaban J connectivity index is 1.92. The first-order chi connectivity index (χ1) is 8.31. The average Bonchev–Trinajstić information content (AvgIpc) is 2.85. The van der Waals surface area contributed by atoms with Crippen LogP contribution < -0.4 is 10.5 Å². The van der Waals surface area contributed by atoms with E-state index < -0.39 is 0 Å². The van der Waals surface area contributed by atoms with Crippen molar-refractivity contribution >= 4 is 0 Å². The van der Waals surface area contributed by atoms with E-state index in [2.05, 4.69) is 19.1 Å². The monoisotopic (exact) mass is 231 g/mol. The van der Waals surface area contributed by atoms with Crippen molar-refractivity contribution < 1.29 is 9.15 Å². The van der Waals surface area contributed by atoms with Crippen LogP contribution in [0.25, 0.3) is 0 Å². The number of furan rings is 1.